The van der Waals surface area contributed by atoms with E-state index in [1.807, 2.05) is 0 Å². The van der Waals surface area contributed by atoms with Crippen molar-refractivity contribution in [3.05, 3.63) is 77.6 Å². The lowest BCUT2D eigenvalue weighted by Crippen LogP contribution is -2.18. The number of carboxylic acids is 1. The molecular weight excluding hydrogens is 413 g/mol. The molecule has 1 amide bonds. The fourth-order valence-corrected chi connectivity index (χ4v) is 3.46. The van der Waals surface area contributed by atoms with E-state index in [4.69, 9.17) is 16.0 Å². The summed E-state index contributed by atoms with van der Waals surface area (Å²) in [5.74, 6) is -2.40. The van der Waals surface area contributed by atoms with Crippen molar-refractivity contribution < 1.29 is 35.1 Å². The molecule has 7 heteroatoms. The van der Waals surface area contributed by atoms with Gasteiger partial charge in [-0.25, -0.2) is 9.18 Å². The molecule has 32 heavy (non-hydrogen) atoms. The number of aromatic carboxylic acids is 1. The maximum atomic E-state index is 13.5. The van der Waals surface area contributed by atoms with Gasteiger partial charge in [0.05, 0.1) is 20.4 Å². The third-order valence-electron chi connectivity index (χ3n) is 4.93. The second-order valence-electron chi connectivity index (χ2n) is 6.83. The zero-order chi connectivity index (χ0) is 27.1. The Kier molecular flexibility index (Phi) is 4.18. The van der Waals surface area contributed by atoms with Crippen molar-refractivity contribution in [2.24, 2.45) is 0 Å². The van der Waals surface area contributed by atoms with Crippen LogP contribution in [0.25, 0.3) is 33.4 Å². The first kappa shape index (κ1) is 15.6. The van der Waals surface area contributed by atoms with E-state index in [0.717, 1.165) is 0 Å². The van der Waals surface area contributed by atoms with E-state index in [1.54, 1.807) is 0 Å². The van der Waals surface area contributed by atoms with E-state index in [2.05, 4.69) is 5.32 Å². The van der Waals surface area contributed by atoms with Gasteiger partial charge in [0.25, 0.3) is 5.91 Å². The van der Waals surface area contributed by atoms with Crippen LogP contribution in [-0.2, 0) is 0 Å². The average molecular weight is 438 g/mol. The maximum absolute atomic E-state index is 13.5. The number of fused-ring (bicyclic) bond motifs is 1. The number of nitrogens with one attached hydrogen (secondary N) is 1. The molecule has 1 heterocycles. The number of amides is 1. The highest BCUT2D eigenvalue weighted by Crippen LogP contribution is 2.40. The van der Waals surface area contributed by atoms with Crippen LogP contribution >= 0.6 is 0 Å². The Morgan fingerprint density at radius 1 is 1.16 bits per heavy atom. The lowest BCUT2D eigenvalue weighted by molar-refractivity contribution is 0.0696. The number of carbonyl (C=O) groups excluding carboxylic acids is 1. The van der Waals surface area contributed by atoms with E-state index in [0.29, 0.717) is 5.56 Å². The average Bonchev–Trinajstić information content (AvgIpc) is 3.21. The van der Waals surface area contributed by atoms with Gasteiger partial charge in [-0.05, 0) is 54.9 Å². The third kappa shape index (κ3) is 3.80. The predicted octanol–water partition coefficient (Wildman–Crippen LogP) is 5.36. The SMILES string of the molecule is [2H]C([2H])([2H])C([2H])([2H])Oc1cc2oc(-c3ccc(F)cc3)c(C(=O)NC)c2cc1-c1cccc(C(=O)O)c1. The van der Waals surface area contributed by atoms with E-state index in [-0.39, 0.29) is 44.7 Å². The monoisotopic (exact) mass is 438 g/mol. The first-order valence-corrected chi connectivity index (χ1v) is 9.43. The number of benzene rings is 3. The maximum Gasteiger partial charge on any atom is 0.335 e. The van der Waals surface area contributed by atoms with Crippen molar-refractivity contribution >= 4 is 22.8 Å². The van der Waals surface area contributed by atoms with Gasteiger partial charge >= 0.3 is 5.97 Å². The van der Waals surface area contributed by atoms with Gasteiger partial charge in [-0.3, -0.25) is 4.79 Å². The molecule has 0 saturated heterocycles. The first-order valence-electron chi connectivity index (χ1n) is 11.9. The second kappa shape index (κ2) is 8.55. The Morgan fingerprint density at radius 2 is 1.94 bits per heavy atom. The summed E-state index contributed by atoms with van der Waals surface area (Å²) < 4.78 is 63.2. The zero-order valence-corrected chi connectivity index (χ0v) is 16.7. The molecule has 6 nitrogen and oxygen atoms in total. The minimum atomic E-state index is -3.15. The Bertz CT molecular complexity index is 1510. The van der Waals surface area contributed by atoms with Gasteiger partial charge < -0.3 is 19.6 Å². The van der Waals surface area contributed by atoms with Crippen LogP contribution < -0.4 is 10.1 Å². The highest BCUT2D eigenvalue weighted by Gasteiger charge is 2.24. The molecule has 2 N–H and O–H groups in total. The normalized spacial score (nSPS) is 14.0. The molecule has 0 unspecified atom stereocenters. The number of ether oxygens (including phenoxy) is 1. The minimum absolute atomic E-state index is 0.0624. The van der Waals surface area contributed by atoms with Gasteiger partial charge in [0.1, 0.15) is 22.9 Å². The highest BCUT2D eigenvalue weighted by molar-refractivity contribution is 6.12. The van der Waals surface area contributed by atoms with E-state index in [9.17, 15) is 19.1 Å². The minimum Gasteiger partial charge on any atom is -0.493 e. The molecule has 0 bridgehead atoms. The van der Waals surface area contributed by atoms with E-state index < -0.39 is 31.1 Å². The van der Waals surface area contributed by atoms with Gasteiger partial charge in [0.15, 0.2) is 0 Å². The summed E-state index contributed by atoms with van der Waals surface area (Å²) in [5, 5.41) is 12.2. The molecule has 0 radical (unpaired) electrons. The molecule has 0 atom stereocenters. The fourth-order valence-electron chi connectivity index (χ4n) is 3.46. The lowest BCUT2D eigenvalue weighted by atomic mass is 9.98. The largest absolute Gasteiger partial charge is 0.493 e. The molecule has 4 rings (SSSR count). The summed E-state index contributed by atoms with van der Waals surface area (Å²) >= 11 is 0. The Hall–Kier alpha value is -4.13. The van der Waals surface area contributed by atoms with E-state index >= 15 is 0 Å². The second-order valence-corrected chi connectivity index (χ2v) is 6.83. The highest BCUT2D eigenvalue weighted by atomic mass is 19.1. The summed E-state index contributed by atoms with van der Waals surface area (Å²) in [6.45, 7) is -6.27. The molecular formula is C25H20FNO5. The Balaban J connectivity index is 2.04. The van der Waals surface area contributed by atoms with Crippen LogP contribution in [0.4, 0.5) is 4.39 Å². The van der Waals surface area contributed by atoms with Crippen LogP contribution in [0.1, 0.15) is 34.4 Å². The molecule has 4 aromatic rings. The number of halogens is 1. The molecule has 0 fully saturated rings. The summed E-state index contributed by atoms with van der Waals surface area (Å²) in [4.78, 5) is 24.4. The third-order valence-corrected chi connectivity index (χ3v) is 4.93. The van der Waals surface area contributed by atoms with Crippen molar-refractivity contribution in [2.45, 2.75) is 6.85 Å². The summed E-state index contributed by atoms with van der Waals surface area (Å²) in [6.07, 6.45) is 0. The Morgan fingerprint density at radius 3 is 2.62 bits per heavy atom. The molecule has 1 aromatic heterocycles. The number of furan rings is 1. The first-order chi connectivity index (χ1) is 17.3. The van der Waals surface area contributed by atoms with Crippen molar-refractivity contribution in [2.75, 3.05) is 13.6 Å². The molecule has 0 aliphatic heterocycles. The van der Waals surface area contributed by atoms with Gasteiger partial charge in [0, 0.05) is 33.7 Å². The topological polar surface area (TPSA) is 88.8 Å². The van der Waals surface area contributed by atoms with Crippen molar-refractivity contribution in [3.8, 4) is 28.2 Å². The molecule has 3 aromatic carbocycles. The number of carboxylic acid groups (broad SMARTS) is 1. The fraction of sp³-hybridized carbons (Fsp3) is 0.120. The van der Waals surface area contributed by atoms with Gasteiger partial charge in [0.2, 0.25) is 0 Å². The zero-order valence-electron chi connectivity index (χ0n) is 21.7. The van der Waals surface area contributed by atoms with Crippen LogP contribution in [0.2, 0.25) is 0 Å². The van der Waals surface area contributed by atoms with Crippen molar-refractivity contribution in [3.63, 3.8) is 0 Å². The quantitative estimate of drug-likeness (QED) is 0.423. The van der Waals surface area contributed by atoms with E-state index in [1.165, 1.54) is 67.7 Å². The van der Waals surface area contributed by atoms with Gasteiger partial charge in [-0.2, -0.15) is 0 Å². The van der Waals surface area contributed by atoms with Gasteiger partial charge in [-0.1, -0.05) is 12.1 Å². The van der Waals surface area contributed by atoms with Crippen LogP contribution in [0, 0.1) is 5.82 Å². The lowest BCUT2D eigenvalue weighted by Gasteiger charge is -2.11. The van der Waals surface area contributed by atoms with Crippen LogP contribution in [0.3, 0.4) is 0 Å². The van der Waals surface area contributed by atoms with Crippen molar-refractivity contribution in [1.82, 2.24) is 5.32 Å². The number of hydrogen-bond donors (Lipinski definition) is 2. The molecule has 0 aliphatic rings. The molecule has 162 valence electrons. The van der Waals surface area contributed by atoms with Crippen LogP contribution in [-0.4, -0.2) is 30.6 Å². The van der Waals surface area contributed by atoms with Crippen molar-refractivity contribution in [1.29, 1.82) is 0 Å². The standard InChI is InChI=1S/C25H20FNO5/c1-3-31-20-13-21-19(12-18(20)15-5-4-6-16(11-15)25(29)30)22(24(28)27-2)23(32-21)14-7-9-17(26)10-8-14/h4-13H,3H2,1-2H3,(H,27,28)(H,29,30)/i1D3,3D2. The van der Waals surface area contributed by atoms with Crippen LogP contribution in [0.15, 0.2) is 65.1 Å². The molecule has 0 aliphatic carbocycles. The number of hydrogen-bond acceptors (Lipinski definition) is 4. The molecule has 0 saturated carbocycles. The smallest absolute Gasteiger partial charge is 0.335 e. The summed E-state index contributed by atoms with van der Waals surface area (Å²) in [6, 6.07) is 13.5. The number of carbonyl (C=O) groups is 2. The molecule has 0 spiro atoms. The summed E-state index contributed by atoms with van der Waals surface area (Å²) in [7, 11) is 1.41. The van der Waals surface area contributed by atoms with Gasteiger partial charge in [-0.15, -0.1) is 0 Å². The Labute approximate surface area is 190 Å². The predicted molar refractivity (Wildman–Crippen MR) is 119 cm³/mol. The summed E-state index contributed by atoms with van der Waals surface area (Å²) in [5.41, 5.74) is 0.849. The van der Waals surface area contributed by atoms with Crippen LogP contribution in [0.5, 0.6) is 5.75 Å². The number of rotatable bonds is 6.